The third-order valence-electron chi connectivity index (χ3n) is 3.46. The van der Waals surface area contributed by atoms with Crippen LogP contribution in [0.1, 0.15) is 5.56 Å². The van der Waals surface area contributed by atoms with Crippen molar-refractivity contribution >= 4 is 33.4 Å². The molecule has 19 heavy (non-hydrogen) atoms. The second kappa shape index (κ2) is 5.29. The normalized spacial score (nSPS) is 10.8. The first-order valence-corrected chi connectivity index (χ1v) is 7.85. The predicted molar refractivity (Wildman–Crippen MR) is 88.3 cm³/mol. The molecule has 0 N–H and O–H groups in total. The third kappa shape index (κ3) is 2.25. The molecule has 1 nitrogen and oxygen atoms in total. The second-order valence-electron chi connectivity index (χ2n) is 4.65. The quantitative estimate of drug-likeness (QED) is 0.365. The summed E-state index contributed by atoms with van der Waals surface area (Å²) in [5.41, 5.74) is 4.01. The molecule has 2 heteroatoms. The van der Waals surface area contributed by atoms with Crippen LogP contribution >= 0.6 is 22.6 Å². The first-order valence-electron chi connectivity index (χ1n) is 6.33. The lowest BCUT2D eigenvalue weighted by molar-refractivity contribution is -0.659. The smallest absolute Gasteiger partial charge is 0.200 e. The minimum atomic E-state index is 1.02. The molecule has 1 aromatic heterocycles. The highest BCUT2D eigenvalue weighted by Crippen LogP contribution is 2.28. The van der Waals surface area contributed by atoms with Crippen LogP contribution in [-0.2, 0) is 11.5 Å². The Labute approximate surface area is 127 Å². The molecule has 3 rings (SSSR count). The lowest BCUT2D eigenvalue weighted by atomic mass is 10.00. The number of pyridine rings is 1. The van der Waals surface area contributed by atoms with Crippen molar-refractivity contribution in [3.05, 3.63) is 66.4 Å². The van der Waals surface area contributed by atoms with E-state index in [2.05, 4.69) is 95.0 Å². The molecule has 0 aliphatic heterocycles. The molecule has 0 bridgehead atoms. The molecular formula is C17H15IN+. The number of fused-ring (bicyclic) bond motifs is 1. The third-order valence-corrected chi connectivity index (χ3v) is 4.28. The fourth-order valence-electron chi connectivity index (χ4n) is 2.52. The largest absolute Gasteiger partial charge is 0.220 e. The van der Waals surface area contributed by atoms with E-state index in [1.807, 2.05) is 0 Å². The molecule has 0 aliphatic rings. The summed E-state index contributed by atoms with van der Waals surface area (Å²) in [7, 11) is 2.12. The van der Waals surface area contributed by atoms with E-state index in [0.29, 0.717) is 0 Å². The Kier molecular flexibility index (Phi) is 3.51. The summed E-state index contributed by atoms with van der Waals surface area (Å²) in [6.07, 6.45) is 2.14. The van der Waals surface area contributed by atoms with E-state index < -0.39 is 0 Å². The van der Waals surface area contributed by atoms with Gasteiger partial charge in [0.25, 0.3) is 0 Å². The summed E-state index contributed by atoms with van der Waals surface area (Å²) < 4.78 is 3.24. The summed E-state index contributed by atoms with van der Waals surface area (Å²) in [5.74, 6) is 0. The first kappa shape index (κ1) is 12.6. The van der Waals surface area contributed by atoms with E-state index in [1.165, 1.54) is 27.6 Å². The molecule has 0 saturated carbocycles. The lowest BCUT2D eigenvalue weighted by Crippen LogP contribution is -2.30. The topological polar surface area (TPSA) is 3.88 Å². The van der Waals surface area contributed by atoms with Gasteiger partial charge in [-0.1, -0.05) is 59.0 Å². The molecule has 0 fully saturated rings. The summed E-state index contributed by atoms with van der Waals surface area (Å²) in [5, 5.41) is 2.60. The number of aryl methyl sites for hydroxylation is 1. The van der Waals surface area contributed by atoms with Crippen LogP contribution in [0.4, 0.5) is 0 Å². The maximum atomic E-state index is 2.43. The average molecular weight is 360 g/mol. The SMILES string of the molecule is C[n+]1ccc2ccccc2c1-c1ccccc1CI. The maximum Gasteiger partial charge on any atom is 0.220 e. The lowest BCUT2D eigenvalue weighted by Gasteiger charge is -2.08. The van der Waals surface area contributed by atoms with Gasteiger partial charge in [0.2, 0.25) is 5.69 Å². The van der Waals surface area contributed by atoms with Gasteiger partial charge < -0.3 is 0 Å². The Morgan fingerprint density at radius 1 is 0.947 bits per heavy atom. The van der Waals surface area contributed by atoms with E-state index in [0.717, 1.165) is 4.43 Å². The summed E-state index contributed by atoms with van der Waals surface area (Å²) >= 11 is 2.43. The molecule has 94 valence electrons. The molecule has 0 unspecified atom stereocenters. The molecule has 0 spiro atoms. The van der Waals surface area contributed by atoms with Crippen LogP contribution in [0.3, 0.4) is 0 Å². The number of nitrogens with zero attached hydrogens (tertiary/aromatic N) is 1. The Morgan fingerprint density at radius 2 is 1.68 bits per heavy atom. The van der Waals surface area contributed by atoms with Crippen molar-refractivity contribution in [2.45, 2.75) is 4.43 Å². The summed E-state index contributed by atoms with van der Waals surface area (Å²) in [4.78, 5) is 0. The minimum absolute atomic E-state index is 1.02. The van der Waals surface area contributed by atoms with Gasteiger partial charge in [-0.25, -0.2) is 4.57 Å². The van der Waals surface area contributed by atoms with Gasteiger partial charge >= 0.3 is 0 Å². The van der Waals surface area contributed by atoms with Gasteiger partial charge in [0.15, 0.2) is 6.20 Å². The first-order chi connectivity index (χ1) is 9.31. The summed E-state index contributed by atoms with van der Waals surface area (Å²) in [6.45, 7) is 0. The van der Waals surface area contributed by atoms with E-state index >= 15 is 0 Å². The van der Waals surface area contributed by atoms with Crippen LogP contribution in [0, 0.1) is 0 Å². The van der Waals surface area contributed by atoms with Gasteiger partial charge in [0, 0.05) is 10.5 Å². The van der Waals surface area contributed by atoms with Crippen LogP contribution < -0.4 is 4.57 Å². The van der Waals surface area contributed by atoms with Gasteiger partial charge in [0.1, 0.15) is 7.05 Å². The van der Waals surface area contributed by atoms with E-state index in [1.54, 1.807) is 0 Å². The second-order valence-corrected chi connectivity index (χ2v) is 5.42. The molecule has 2 aromatic carbocycles. The molecular weight excluding hydrogens is 345 g/mol. The molecule has 1 heterocycles. The number of hydrogen-bond donors (Lipinski definition) is 0. The van der Waals surface area contributed by atoms with Crippen LogP contribution in [0.2, 0.25) is 0 Å². The number of rotatable bonds is 2. The van der Waals surface area contributed by atoms with E-state index in [4.69, 9.17) is 0 Å². The predicted octanol–water partition coefficient (Wildman–Crippen LogP) is 4.27. The zero-order valence-electron chi connectivity index (χ0n) is 10.8. The Balaban J connectivity index is 2.38. The fraction of sp³-hybridized carbons (Fsp3) is 0.118. The van der Waals surface area contributed by atoms with Crippen molar-refractivity contribution in [2.24, 2.45) is 7.05 Å². The standard InChI is InChI=1S/C17H15IN/c1-19-11-10-13-6-2-4-8-15(13)17(19)16-9-5-3-7-14(16)12-18/h2-11H,12H2,1H3/q+1. The molecule has 0 aliphatic carbocycles. The fourth-order valence-corrected chi connectivity index (χ4v) is 3.18. The van der Waals surface area contributed by atoms with Crippen molar-refractivity contribution in [3.63, 3.8) is 0 Å². The highest BCUT2D eigenvalue weighted by atomic mass is 127. The van der Waals surface area contributed by atoms with Crippen molar-refractivity contribution in [3.8, 4) is 11.3 Å². The molecule has 0 radical (unpaired) electrons. The van der Waals surface area contributed by atoms with Crippen molar-refractivity contribution < 1.29 is 4.57 Å². The number of aromatic nitrogens is 1. The maximum absolute atomic E-state index is 2.43. The van der Waals surface area contributed by atoms with E-state index in [9.17, 15) is 0 Å². The monoisotopic (exact) mass is 360 g/mol. The Hall–Kier alpha value is -1.42. The van der Waals surface area contributed by atoms with Crippen LogP contribution in [-0.4, -0.2) is 0 Å². The molecule has 0 saturated heterocycles. The van der Waals surface area contributed by atoms with Crippen LogP contribution in [0.5, 0.6) is 0 Å². The molecule has 3 aromatic rings. The van der Waals surface area contributed by atoms with E-state index in [-0.39, 0.29) is 0 Å². The van der Waals surface area contributed by atoms with Crippen molar-refractivity contribution in [1.82, 2.24) is 0 Å². The van der Waals surface area contributed by atoms with Crippen LogP contribution in [0.15, 0.2) is 60.8 Å². The number of hydrogen-bond acceptors (Lipinski definition) is 0. The van der Waals surface area contributed by atoms with Gasteiger partial charge in [-0.3, -0.25) is 0 Å². The van der Waals surface area contributed by atoms with Gasteiger partial charge in [-0.15, -0.1) is 0 Å². The Bertz CT molecular complexity index is 734. The average Bonchev–Trinajstić information content (AvgIpc) is 2.47. The highest BCUT2D eigenvalue weighted by molar-refractivity contribution is 14.1. The van der Waals surface area contributed by atoms with Crippen LogP contribution in [0.25, 0.3) is 22.0 Å². The van der Waals surface area contributed by atoms with Gasteiger partial charge in [0.05, 0.1) is 10.9 Å². The van der Waals surface area contributed by atoms with Gasteiger partial charge in [-0.05, 0) is 23.1 Å². The zero-order valence-corrected chi connectivity index (χ0v) is 13.0. The Morgan fingerprint density at radius 3 is 2.53 bits per heavy atom. The number of benzene rings is 2. The van der Waals surface area contributed by atoms with Crippen molar-refractivity contribution in [1.29, 1.82) is 0 Å². The molecule has 0 amide bonds. The number of alkyl halides is 1. The summed E-state index contributed by atoms with van der Waals surface area (Å²) in [6, 6.07) is 19.4. The number of halogens is 1. The minimum Gasteiger partial charge on any atom is -0.200 e. The van der Waals surface area contributed by atoms with Crippen molar-refractivity contribution in [2.75, 3.05) is 0 Å². The zero-order chi connectivity index (χ0) is 13.2. The highest BCUT2D eigenvalue weighted by Gasteiger charge is 2.16. The van der Waals surface area contributed by atoms with Gasteiger partial charge in [-0.2, -0.15) is 0 Å². The molecule has 0 atom stereocenters.